The molecule has 12 atom stereocenters. The molecule has 1 heterocycles. The molecule has 0 aromatic rings. The Morgan fingerprint density at radius 1 is 1.11 bits per heavy atom. The quantitative estimate of drug-likeness (QED) is 0.202. The molecule has 0 aromatic heterocycles. The van der Waals surface area contributed by atoms with Crippen molar-refractivity contribution in [2.24, 2.45) is 62.4 Å². The number of fused-ring (bicyclic) bond motifs is 3. The zero-order valence-electron chi connectivity index (χ0n) is 30.0. The van der Waals surface area contributed by atoms with Gasteiger partial charge in [0.1, 0.15) is 12.2 Å². The van der Waals surface area contributed by atoms with Crippen molar-refractivity contribution in [1.82, 2.24) is 0 Å². The molecule has 4 fully saturated rings. The molecule has 2 bridgehead atoms. The summed E-state index contributed by atoms with van der Waals surface area (Å²) in [4.78, 5) is 25.9. The summed E-state index contributed by atoms with van der Waals surface area (Å²) in [6, 6.07) is 0. The number of ether oxygens (including phenoxy) is 3. The van der Waals surface area contributed by atoms with Crippen LogP contribution in [0.3, 0.4) is 0 Å². The second kappa shape index (κ2) is 11.6. The standard InChI is InChI=1S/C38H63NO6/c1-11-33(6,39)18-19-44-31-28(45-25(5)40)20-38-22-43-21-35(31,8)29(38)13-12-26-27(38)14-15-37(10)30(32(41)42)34(7,24(4)23(2)3)16-17-36(26,37)9/h14,23-24,26,28-31H,11-13,15-22,39H2,1-10H3,(H,41,42)/t24-,26+,28-,29+,30-,31+,33?,34-,35+,36-,37+,38+/m1/s1. The lowest BCUT2D eigenvalue weighted by molar-refractivity contribution is -0.267. The topological polar surface area (TPSA) is 108 Å². The van der Waals surface area contributed by atoms with Gasteiger partial charge in [-0.2, -0.15) is 0 Å². The molecule has 0 spiro atoms. The van der Waals surface area contributed by atoms with Crippen LogP contribution in [-0.4, -0.2) is 54.6 Å². The number of aliphatic carboxylic acids is 1. The highest BCUT2D eigenvalue weighted by molar-refractivity contribution is 5.73. The Balaban J connectivity index is 1.55. The van der Waals surface area contributed by atoms with Crippen molar-refractivity contribution in [3.8, 4) is 0 Å². The maximum Gasteiger partial charge on any atom is 0.307 e. The SMILES string of the molecule is CCC(C)(N)CCO[C@H]1[C@H](OC(C)=O)C[C@@]23COC[C@@]1(C)[C@@H]2CC[C@H]1C3=CC[C@@]2(C)[C@H](C(=O)O)[C@@](C)([C@H](C)C(C)C)CC[C@]12C. The molecular formula is C38H63NO6. The molecule has 5 rings (SSSR count). The monoisotopic (exact) mass is 629 g/mol. The lowest BCUT2D eigenvalue weighted by atomic mass is 9.34. The van der Waals surface area contributed by atoms with Gasteiger partial charge in [0.15, 0.2) is 0 Å². The summed E-state index contributed by atoms with van der Waals surface area (Å²) in [5.41, 5.74) is 6.27. The van der Waals surface area contributed by atoms with Crippen molar-refractivity contribution in [1.29, 1.82) is 0 Å². The number of carboxylic acids is 1. The number of nitrogens with two attached hydrogens (primary N) is 1. The Labute approximate surface area is 272 Å². The van der Waals surface area contributed by atoms with Crippen LogP contribution in [0.15, 0.2) is 11.6 Å². The Hall–Kier alpha value is -1.44. The zero-order chi connectivity index (χ0) is 33.4. The number of hydrogen-bond acceptors (Lipinski definition) is 6. The average molecular weight is 630 g/mol. The molecule has 1 saturated heterocycles. The minimum atomic E-state index is -0.639. The van der Waals surface area contributed by atoms with Gasteiger partial charge in [0.2, 0.25) is 0 Å². The second-order valence-electron chi connectivity index (χ2n) is 17.7. The molecule has 0 aromatic carbocycles. The fourth-order valence-electron chi connectivity index (χ4n) is 11.8. The molecule has 1 unspecified atom stereocenters. The van der Waals surface area contributed by atoms with E-state index in [2.05, 4.69) is 68.4 Å². The van der Waals surface area contributed by atoms with Crippen LogP contribution in [0.4, 0.5) is 0 Å². The fourth-order valence-corrected chi connectivity index (χ4v) is 11.8. The molecule has 3 N–H and O–H groups in total. The van der Waals surface area contributed by atoms with Gasteiger partial charge < -0.3 is 25.1 Å². The Bertz CT molecular complexity index is 1200. The number of esters is 1. The fraction of sp³-hybridized carbons (Fsp3) is 0.895. The first kappa shape index (κ1) is 34.9. The van der Waals surface area contributed by atoms with E-state index in [1.54, 1.807) is 0 Å². The minimum absolute atomic E-state index is 0.153. The maximum atomic E-state index is 13.3. The summed E-state index contributed by atoms with van der Waals surface area (Å²) in [6.07, 6.45) is 8.89. The summed E-state index contributed by atoms with van der Waals surface area (Å²) >= 11 is 0. The third-order valence-electron chi connectivity index (χ3n) is 15.2. The van der Waals surface area contributed by atoms with Crippen molar-refractivity contribution in [3.63, 3.8) is 0 Å². The predicted molar refractivity (Wildman–Crippen MR) is 176 cm³/mol. The highest BCUT2D eigenvalue weighted by atomic mass is 16.6. The first-order chi connectivity index (χ1) is 20.8. The molecule has 256 valence electrons. The normalized spacial score (nSPS) is 46.1. The molecule has 7 heteroatoms. The third kappa shape index (κ3) is 5.15. The van der Waals surface area contributed by atoms with Gasteiger partial charge >= 0.3 is 11.9 Å². The van der Waals surface area contributed by atoms with Crippen molar-refractivity contribution >= 4 is 11.9 Å². The maximum absolute atomic E-state index is 13.3. The van der Waals surface area contributed by atoms with Gasteiger partial charge in [-0.05, 0) is 98.2 Å². The minimum Gasteiger partial charge on any atom is -0.481 e. The summed E-state index contributed by atoms with van der Waals surface area (Å²) < 4.78 is 19.4. The summed E-state index contributed by atoms with van der Waals surface area (Å²) in [6.45, 7) is 23.4. The molecule has 3 saturated carbocycles. The average Bonchev–Trinajstić information content (AvgIpc) is 2.94. The number of rotatable bonds is 9. The van der Waals surface area contributed by atoms with E-state index in [1.807, 2.05) is 0 Å². The van der Waals surface area contributed by atoms with E-state index < -0.39 is 11.9 Å². The molecule has 7 nitrogen and oxygen atoms in total. The second-order valence-corrected chi connectivity index (χ2v) is 17.7. The van der Waals surface area contributed by atoms with Crippen molar-refractivity contribution in [2.75, 3.05) is 19.8 Å². The molecule has 5 aliphatic rings. The molecular weight excluding hydrogens is 566 g/mol. The van der Waals surface area contributed by atoms with Crippen LogP contribution in [0.2, 0.25) is 0 Å². The molecule has 0 radical (unpaired) electrons. The highest BCUT2D eigenvalue weighted by Crippen LogP contribution is 2.75. The van der Waals surface area contributed by atoms with E-state index >= 15 is 0 Å². The van der Waals surface area contributed by atoms with Crippen LogP contribution < -0.4 is 5.73 Å². The number of carboxylic acid groups (broad SMARTS) is 1. The number of hydrogen-bond donors (Lipinski definition) is 2. The lowest BCUT2D eigenvalue weighted by Crippen LogP contribution is -2.70. The van der Waals surface area contributed by atoms with E-state index in [1.165, 1.54) is 12.5 Å². The lowest BCUT2D eigenvalue weighted by Gasteiger charge is -2.71. The van der Waals surface area contributed by atoms with Gasteiger partial charge in [0, 0.05) is 29.9 Å². The largest absolute Gasteiger partial charge is 0.481 e. The predicted octanol–water partition coefficient (Wildman–Crippen LogP) is 7.41. The Morgan fingerprint density at radius 2 is 1.80 bits per heavy atom. The molecule has 45 heavy (non-hydrogen) atoms. The summed E-state index contributed by atoms with van der Waals surface area (Å²) in [7, 11) is 0. The van der Waals surface area contributed by atoms with E-state index in [4.69, 9.17) is 19.9 Å². The number of carbonyl (C=O) groups excluding carboxylic acids is 1. The van der Waals surface area contributed by atoms with Gasteiger partial charge in [0.05, 0.1) is 19.1 Å². The van der Waals surface area contributed by atoms with Crippen LogP contribution in [0.5, 0.6) is 0 Å². The highest BCUT2D eigenvalue weighted by Gasteiger charge is 2.72. The van der Waals surface area contributed by atoms with Crippen molar-refractivity contribution in [3.05, 3.63) is 11.6 Å². The van der Waals surface area contributed by atoms with Crippen LogP contribution in [0.1, 0.15) is 121 Å². The van der Waals surface area contributed by atoms with Gasteiger partial charge in [-0.1, -0.05) is 67.0 Å². The van der Waals surface area contributed by atoms with Crippen molar-refractivity contribution < 1.29 is 28.9 Å². The van der Waals surface area contributed by atoms with Crippen LogP contribution in [0.25, 0.3) is 0 Å². The number of carbonyl (C=O) groups is 2. The molecule has 4 aliphatic carbocycles. The Kier molecular flexibility index (Phi) is 9.00. The first-order valence-electron chi connectivity index (χ1n) is 17.9. The molecule has 1 aliphatic heterocycles. The zero-order valence-corrected chi connectivity index (χ0v) is 30.0. The number of allylic oxidation sites excluding steroid dienone is 1. The molecule has 0 amide bonds. The van der Waals surface area contributed by atoms with Crippen LogP contribution >= 0.6 is 0 Å². The van der Waals surface area contributed by atoms with Crippen LogP contribution in [0, 0.1) is 56.7 Å². The van der Waals surface area contributed by atoms with Gasteiger partial charge in [-0.15, -0.1) is 0 Å². The van der Waals surface area contributed by atoms with E-state index in [-0.39, 0.29) is 56.7 Å². The summed E-state index contributed by atoms with van der Waals surface area (Å²) in [5.74, 6) is 0.00584. The summed E-state index contributed by atoms with van der Waals surface area (Å²) in [5, 5.41) is 11.0. The van der Waals surface area contributed by atoms with Crippen LogP contribution in [-0.2, 0) is 23.8 Å². The van der Waals surface area contributed by atoms with Gasteiger partial charge in [0.25, 0.3) is 0 Å². The van der Waals surface area contributed by atoms with E-state index in [9.17, 15) is 14.7 Å². The Morgan fingerprint density at radius 3 is 2.40 bits per heavy atom. The van der Waals surface area contributed by atoms with Gasteiger partial charge in [-0.3, -0.25) is 9.59 Å². The van der Waals surface area contributed by atoms with Gasteiger partial charge in [-0.25, -0.2) is 0 Å². The third-order valence-corrected chi connectivity index (χ3v) is 15.2. The van der Waals surface area contributed by atoms with Crippen molar-refractivity contribution in [2.45, 2.75) is 138 Å². The van der Waals surface area contributed by atoms with E-state index in [0.717, 1.165) is 44.9 Å². The smallest absolute Gasteiger partial charge is 0.307 e. The van der Waals surface area contributed by atoms with E-state index in [0.29, 0.717) is 44.0 Å². The first-order valence-corrected chi connectivity index (χ1v) is 17.9.